The van der Waals surface area contributed by atoms with E-state index in [0.717, 1.165) is 0 Å². The molecule has 1 N–H and O–H groups in total. The summed E-state index contributed by atoms with van der Waals surface area (Å²) in [5, 5.41) is 3.36. The standard InChI is InChI=1S/C12H17N/c1-5-11(4)13-12-7-9(2)6-10(3)8-12/h5-8,11,13H,1H2,2-4H3. The highest BCUT2D eigenvalue weighted by atomic mass is 14.9. The van der Waals surface area contributed by atoms with Crippen molar-refractivity contribution in [2.75, 3.05) is 5.32 Å². The van der Waals surface area contributed by atoms with Gasteiger partial charge in [0.15, 0.2) is 0 Å². The van der Waals surface area contributed by atoms with Crippen LogP contribution in [0.25, 0.3) is 0 Å². The second-order valence-electron chi connectivity index (χ2n) is 3.55. The minimum atomic E-state index is 0.321. The van der Waals surface area contributed by atoms with Gasteiger partial charge < -0.3 is 5.32 Å². The van der Waals surface area contributed by atoms with Crippen molar-refractivity contribution in [2.24, 2.45) is 0 Å². The predicted octanol–water partition coefficient (Wildman–Crippen LogP) is 3.29. The molecule has 0 aliphatic carbocycles. The summed E-state index contributed by atoms with van der Waals surface area (Å²) in [4.78, 5) is 0. The van der Waals surface area contributed by atoms with Gasteiger partial charge in [0, 0.05) is 11.7 Å². The molecule has 0 heterocycles. The largest absolute Gasteiger partial charge is 0.379 e. The minimum absolute atomic E-state index is 0.321. The van der Waals surface area contributed by atoms with Crippen molar-refractivity contribution >= 4 is 5.69 Å². The van der Waals surface area contributed by atoms with E-state index in [1.807, 2.05) is 6.08 Å². The van der Waals surface area contributed by atoms with Crippen molar-refractivity contribution in [3.05, 3.63) is 42.0 Å². The summed E-state index contributed by atoms with van der Waals surface area (Å²) in [5.41, 5.74) is 3.75. The molecule has 0 radical (unpaired) electrons. The SMILES string of the molecule is C=CC(C)Nc1cc(C)cc(C)c1. The van der Waals surface area contributed by atoms with E-state index in [1.165, 1.54) is 16.8 Å². The lowest BCUT2D eigenvalue weighted by atomic mass is 10.1. The Kier molecular flexibility index (Phi) is 3.13. The average Bonchev–Trinajstić information content (AvgIpc) is 2.02. The van der Waals surface area contributed by atoms with Crippen LogP contribution >= 0.6 is 0 Å². The first-order valence-electron chi connectivity index (χ1n) is 4.59. The zero-order valence-electron chi connectivity index (χ0n) is 8.59. The van der Waals surface area contributed by atoms with Gasteiger partial charge >= 0.3 is 0 Å². The molecule has 13 heavy (non-hydrogen) atoms. The van der Waals surface area contributed by atoms with Gasteiger partial charge in [-0.25, -0.2) is 0 Å². The Bertz CT molecular complexity index is 282. The molecule has 1 aromatic rings. The summed E-state index contributed by atoms with van der Waals surface area (Å²) in [6.45, 7) is 10.0. The number of hydrogen-bond acceptors (Lipinski definition) is 1. The van der Waals surface area contributed by atoms with Gasteiger partial charge in [-0.15, -0.1) is 6.58 Å². The number of rotatable bonds is 3. The summed E-state index contributed by atoms with van der Waals surface area (Å²) in [6, 6.07) is 6.78. The Balaban J connectivity index is 2.82. The van der Waals surface area contributed by atoms with E-state index in [1.54, 1.807) is 0 Å². The molecule has 70 valence electrons. The molecule has 0 bridgehead atoms. The van der Waals surface area contributed by atoms with E-state index in [0.29, 0.717) is 6.04 Å². The molecule has 0 fully saturated rings. The molecule has 0 saturated heterocycles. The summed E-state index contributed by atoms with van der Waals surface area (Å²) in [6.07, 6.45) is 1.90. The first kappa shape index (κ1) is 9.85. The van der Waals surface area contributed by atoms with Gasteiger partial charge in [0.2, 0.25) is 0 Å². The molecule has 1 atom stereocenters. The van der Waals surface area contributed by atoms with Crippen molar-refractivity contribution in [3.63, 3.8) is 0 Å². The lowest BCUT2D eigenvalue weighted by molar-refractivity contribution is 1.000. The second kappa shape index (κ2) is 4.13. The summed E-state index contributed by atoms with van der Waals surface area (Å²) >= 11 is 0. The Labute approximate surface area is 80.5 Å². The average molecular weight is 175 g/mol. The van der Waals surface area contributed by atoms with Crippen molar-refractivity contribution in [1.82, 2.24) is 0 Å². The normalized spacial score (nSPS) is 12.2. The van der Waals surface area contributed by atoms with Crippen LogP contribution in [-0.4, -0.2) is 6.04 Å². The minimum Gasteiger partial charge on any atom is -0.379 e. The molecule has 0 amide bonds. The quantitative estimate of drug-likeness (QED) is 0.695. The summed E-state index contributed by atoms with van der Waals surface area (Å²) in [7, 11) is 0. The summed E-state index contributed by atoms with van der Waals surface area (Å²) in [5.74, 6) is 0. The van der Waals surface area contributed by atoms with Crippen molar-refractivity contribution < 1.29 is 0 Å². The van der Waals surface area contributed by atoms with Gasteiger partial charge in [-0.3, -0.25) is 0 Å². The Hall–Kier alpha value is -1.24. The Morgan fingerprint density at radius 3 is 2.23 bits per heavy atom. The van der Waals surface area contributed by atoms with E-state index in [4.69, 9.17) is 0 Å². The van der Waals surface area contributed by atoms with Gasteiger partial charge in [0.05, 0.1) is 0 Å². The maximum absolute atomic E-state index is 3.74. The maximum Gasteiger partial charge on any atom is 0.0413 e. The number of hydrogen-bond donors (Lipinski definition) is 1. The molecule has 1 unspecified atom stereocenters. The number of nitrogens with one attached hydrogen (secondary N) is 1. The molecular formula is C12H17N. The van der Waals surface area contributed by atoms with Crippen LogP contribution in [0.1, 0.15) is 18.1 Å². The highest BCUT2D eigenvalue weighted by Crippen LogP contribution is 2.14. The fourth-order valence-electron chi connectivity index (χ4n) is 1.38. The van der Waals surface area contributed by atoms with Gasteiger partial charge in [-0.05, 0) is 44.0 Å². The van der Waals surface area contributed by atoms with E-state index in [-0.39, 0.29) is 0 Å². The first-order chi connectivity index (χ1) is 6.11. The Morgan fingerprint density at radius 1 is 1.23 bits per heavy atom. The van der Waals surface area contributed by atoms with Crippen LogP contribution in [0.2, 0.25) is 0 Å². The van der Waals surface area contributed by atoms with Gasteiger partial charge in [-0.2, -0.15) is 0 Å². The highest BCUT2D eigenvalue weighted by Gasteiger charge is 1.97. The van der Waals surface area contributed by atoms with Crippen LogP contribution in [0.5, 0.6) is 0 Å². The van der Waals surface area contributed by atoms with Crippen LogP contribution in [0.4, 0.5) is 5.69 Å². The fraction of sp³-hybridized carbons (Fsp3) is 0.333. The highest BCUT2D eigenvalue weighted by molar-refractivity contribution is 5.49. The third-order valence-corrected chi connectivity index (χ3v) is 1.97. The van der Waals surface area contributed by atoms with E-state index in [9.17, 15) is 0 Å². The molecule has 0 saturated carbocycles. The van der Waals surface area contributed by atoms with Gasteiger partial charge in [0.25, 0.3) is 0 Å². The molecular weight excluding hydrogens is 158 g/mol. The smallest absolute Gasteiger partial charge is 0.0413 e. The van der Waals surface area contributed by atoms with Crippen LogP contribution in [-0.2, 0) is 0 Å². The van der Waals surface area contributed by atoms with Gasteiger partial charge in [0.1, 0.15) is 0 Å². The predicted molar refractivity (Wildman–Crippen MR) is 59.2 cm³/mol. The first-order valence-corrected chi connectivity index (χ1v) is 4.59. The number of benzene rings is 1. The Morgan fingerprint density at radius 2 is 1.77 bits per heavy atom. The fourth-order valence-corrected chi connectivity index (χ4v) is 1.38. The van der Waals surface area contributed by atoms with E-state index < -0.39 is 0 Å². The lowest BCUT2D eigenvalue weighted by Gasteiger charge is -2.12. The monoisotopic (exact) mass is 175 g/mol. The van der Waals surface area contributed by atoms with Crippen molar-refractivity contribution in [1.29, 1.82) is 0 Å². The van der Waals surface area contributed by atoms with Crippen LogP contribution in [0, 0.1) is 13.8 Å². The third-order valence-electron chi connectivity index (χ3n) is 1.97. The molecule has 0 spiro atoms. The second-order valence-corrected chi connectivity index (χ2v) is 3.55. The number of aryl methyl sites for hydroxylation is 2. The summed E-state index contributed by atoms with van der Waals surface area (Å²) < 4.78 is 0. The van der Waals surface area contributed by atoms with Crippen molar-refractivity contribution in [2.45, 2.75) is 26.8 Å². The molecule has 0 aromatic heterocycles. The van der Waals surface area contributed by atoms with Gasteiger partial charge in [-0.1, -0.05) is 12.1 Å². The zero-order valence-corrected chi connectivity index (χ0v) is 8.59. The van der Waals surface area contributed by atoms with Crippen LogP contribution in [0.15, 0.2) is 30.9 Å². The van der Waals surface area contributed by atoms with Crippen LogP contribution in [0.3, 0.4) is 0 Å². The topological polar surface area (TPSA) is 12.0 Å². The lowest BCUT2D eigenvalue weighted by Crippen LogP contribution is -2.11. The molecule has 1 rings (SSSR count). The van der Waals surface area contributed by atoms with E-state index in [2.05, 4.69) is 50.9 Å². The molecule has 0 aliphatic rings. The molecule has 0 aliphatic heterocycles. The third kappa shape index (κ3) is 2.94. The molecule has 1 heteroatoms. The van der Waals surface area contributed by atoms with E-state index >= 15 is 0 Å². The molecule has 1 nitrogen and oxygen atoms in total. The number of anilines is 1. The van der Waals surface area contributed by atoms with Crippen LogP contribution < -0.4 is 5.32 Å². The maximum atomic E-state index is 3.74. The zero-order chi connectivity index (χ0) is 9.84. The van der Waals surface area contributed by atoms with Crippen molar-refractivity contribution in [3.8, 4) is 0 Å². The molecule has 1 aromatic carbocycles.